The van der Waals surface area contributed by atoms with Gasteiger partial charge in [-0.25, -0.2) is 9.18 Å². The first-order valence-electron chi connectivity index (χ1n) is 13.3. The molecule has 0 atom stereocenters. The highest BCUT2D eigenvalue weighted by molar-refractivity contribution is 6.20. The number of fused-ring (bicyclic) bond motifs is 3. The van der Waals surface area contributed by atoms with Crippen LogP contribution in [0.4, 0.5) is 20.6 Å². The van der Waals surface area contributed by atoms with Gasteiger partial charge in [0.25, 0.3) is 5.91 Å². The van der Waals surface area contributed by atoms with Crippen LogP contribution in [0, 0.1) is 19.7 Å². The van der Waals surface area contributed by atoms with Gasteiger partial charge in [-0.1, -0.05) is 36.4 Å². The van der Waals surface area contributed by atoms with Crippen molar-refractivity contribution in [3.63, 3.8) is 0 Å². The molecule has 1 aromatic heterocycles. The lowest BCUT2D eigenvalue weighted by Gasteiger charge is -2.22. The molecule has 9 heteroatoms. The lowest BCUT2D eigenvalue weighted by Crippen LogP contribution is -2.32. The van der Waals surface area contributed by atoms with E-state index in [9.17, 15) is 23.9 Å². The van der Waals surface area contributed by atoms with Gasteiger partial charge in [-0.2, -0.15) is 0 Å². The Kier molecular flexibility index (Phi) is 7.08. The van der Waals surface area contributed by atoms with Gasteiger partial charge in [0.1, 0.15) is 5.82 Å². The number of halogens is 1. The van der Waals surface area contributed by atoms with Gasteiger partial charge in [-0.15, -0.1) is 0 Å². The molecule has 0 aliphatic rings. The normalized spacial score (nSPS) is 11.6. The van der Waals surface area contributed by atoms with Crippen LogP contribution in [0.15, 0.2) is 60.7 Å². The molecule has 0 aliphatic heterocycles. The van der Waals surface area contributed by atoms with Crippen molar-refractivity contribution in [3.8, 4) is 11.1 Å². The average Bonchev–Trinajstić information content (AvgIpc) is 3.33. The second-order valence-electron chi connectivity index (χ2n) is 10.9. The number of benzene rings is 4. The molecule has 0 bridgehead atoms. The highest BCUT2D eigenvalue weighted by Gasteiger charge is 2.24. The third-order valence-electron chi connectivity index (χ3n) is 7.76. The Labute approximate surface area is 241 Å². The van der Waals surface area contributed by atoms with Gasteiger partial charge in [0.15, 0.2) is 6.29 Å². The SMILES string of the molecule is Cc1c(NC(=O)N(C)c2c(F)cccc2C=O)cccc1-c1ccc(C(N)=O)c2[nH]c3c(C)c(C(C)(C)O)ccc3c12. The fraction of sp³-hybridized carbons (Fsp3) is 0.182. The summed E-state index contributed by atoms with van der Waals surface area (Å²) in [4.78, 5) is 41.5. The molecule has 0 unspecified atom stereocenters. The summed E-state index contributed by atoms with van der Waals surface area (Å²) in [5.41, 5.74) is 10.7. The molecular formula is C33H31FN4O4. The minimum absolute atomic E-state index is 0.0532. The zero-order valence-corrected chi connectivity index (χ0v) is 23.9. The van der Waals surface area contributed by atoms with E-state index in [1.165, 1.54) is 25.2 Å². The number of carbonyl (C=O) groups is 3. The lowest BCUT2D eigenvalue weighted by molar-refractivity contribution is 0.0780. The second kappa shape index (κ2) is 10.4. The number of hydrogen-bond donors (Lipinski definition) is 4. The summed E-state index contributed by atoms with van der Waals surface area (Å²) >= 11 is 0. The largest absolute Gasteiger partial charge is 0.386 e. The van der Waals surface area contributed by atoms with Gasteiger partial charge in [-0.05, 0) is 79.8 Å². The molecule has 0 radical (unpaired) electrons. The Morgan fingerprint density at radius 1 is 0.976 bits per heavy atom. The first kappa shape index (κ1) is 28.5. The number of H-pyrrole nitrogens is 1. The maximum Gasteiger partial charge on any atom is 0.326 e. The Morgan fingerprint density at radius 3 is 2.36 bits per heavy atom. The van der Waals surface area contributed by atoms with E-state index in [0.717, 1.165) is 49.0 Å². The lowest BCUT2D eigenvalue weighted by atomic mass is 9.90. The third kappa shape index (κ3) is 4.67. The van der Waals surface area contributed by atoms with Crippen molar-refractivity contribution in [2.45, 2.75) is 33.3 Å². The summed E-state index contributed by atoms with van der Waals surface area (Å²) in [6, 6.07) is 16.1. The number of aromatic amines is 1. The van der Waals surface area contributed by atoms with Crippen molar-refractivity contribution >= 4 is 51.4 Å². The van der Waals surface area contributed by atoms with E-state index in [0.29, 0.717) is 23.1 Å². The van der Waals surface area contributed by atoms with Crippen molar-refractivity contribution in [2.75, 3.05) is 17.3 Å². The van der Waals surface area contributed by atoms with Crippen LogP contribution in [-0.4, -0.2) is 35.4 Å². The van der Waals surface area contributed by atoms with Crippen LogP contribution in [0.25, 0.3) is 32.9 Å². The van der Waals surface area contributed by atoms with E-state index >= 15 is 0 Å². The maximum absolute atomic E-state index is 14.6. The number of urea groups is 1. The highest BCUT2D eigenvalue weighted by atomic mass is 19.1. The Bertz CT molecular complexity index is 1920. The molecule has 5 aromatic rings. The molecule has 0 saturated heterocycles. The van der Waals surface area contributed by atoms with Crippen molar-refractivity contribution in [1.29, 1.82) is 0 Å². The molecule has 5 N–H and O–H groups in total. The van der Waals surface area contributed by atoms with Crippen molar-refractivity contribution in [3.05, 3.63) is 94.3 Å². The van der Waals surface area contributed by atoms with Crippen LogP contribution >= 0.6 is 0 Å². The van der Waals surface area contributed by atoms with E-state index in [2.05, 4.69) is 10.3 Å². The Balaban J connectivity index is 1.65. The van der Waals surface area contributed by atoms with Crippen molar-refractivity contribution in [1.82, 2.24) is 4.98 Å². The van der Waals surface area contributed by atoms with Gasteiger partial charge in [0.05, 0.1) is 22.4 Å². The summed E-state index contributed by atoms with van der Waals surface area (Å²) in [5, 5.41) is 15.2. The minimum Gasteiger partial charge on any atom is -0.386 e. The van der Waals surface area contributed by atoms with Crippen LogP contribution in [0.5, 0.6) is 0 Å². The van der Waals surface area contributed by atoms with E-state index in [1.54, 1.807) is 32.0 Å². The quantitative estimate of drug-likeness (QED) is 0.174. The Morgan fingerprint density at radius 2 is 1.69 bits per heavy atom. The summed E-state index contributed by atoms with van der Waals surface area (Å²) in [5.74, 6) is -1.27. The van der Waals surface area contributed by atoms with E-state index < -0.39 is 23.4 Å². The van der Waals surface area contributed by atoms with Gasteiger partial charge < -0.3 is 21.1 Å². The predicted molar refractivity (Wildman–Crippen MR) is 164 cm³/mol. The molecule has 3 amide bonds. The van der Waals surface area contributed by atoms with Gasteiger partial charge in [0.2, 0.25) is 0 Å². The predicted octanol–water partition coefficient (Wildman–Crippen LogP) is 6.55. The number of nitrogens with zero attached hydrogens (tertiary/aromatic N) is 1. The van der Waals surface area contributed by atoms with Crippen LogP contribution in [0.1, 0.15) is 51.3 Å². The number of aryl methyl sites for hydroxylation is 1. The number of para-hydroxylation sites is 1. The number of nitrogens with two attached hydrogens (primary N) is 1. The van der Waals surface area contributed by atoms with Crippen LogP contribution in [-0.2, 0) is 5.60 Å². The fourth-order valence-corrected chi connectivity index (χ4v) is 5.66. The summed E-state index contributed by atoms with van der Waals surface area (Å²) < 4.78 is 14.6. The topological polar surface area (TPSA) is 129 Å². The molecule has 42 heavy (non-hydrogen) atoms. The highest BCUT2D eigenvalue weighted by Crippen LogP contribution is 2.41. The van der Waals surface area contributed by atoms with Crippen molar-refractivity contribution in [2.24, 2.45) is 5.73 Å². The van der Waals surface area contributed by atoms with Crippen LogP contribution in [0.3, 0.4) is 0 Å². The molecule has 5 rings (SSSR count). The molecular weight excluding hydrogens is 535 g/mol. The molecule has 214 valence electrons. The van der Waals surface area contributed by atoms with Crippen LogP contribution in [0.2, 0.25) is 0 Å². The molecule has 1 heterocycles. The van der Waals surface area contributed by atoms with Gasteiger partial charge in [0, 0.05) is 34.6 Å². The number of nitrogens with one attached hydrogen (secondary N) is 2. The average molecular weight is 567 g/mol. The second-order valence-corrected chi connectivity index (χ2v) is 10.9. The number of primary amides is 1. The smallest absolute Gasteiger partial charge is 0.326 e. The van der Waals surface area contributed by atoms with E-state index in [4.69, 9.17) is 5.73 Å². The molecule has 4 aromatic carbocycles. The number of carbonyl (C=O) groups excluding carboxylic acids is 3. The number of hydrogen-bond acceptors (Lipinski definition) is 4. The summed E-state index contributed by atoms with van der Waals surface area (Å²) in [6.07, 6.45) is 0.502. The zero-order chi connectivity index (χ0) is 30.5. The monoisotopic (exact) mass is 566 g/mol. The van der Waals surface area contributed by atoms with E-state index in [1.807, 2.05) is 38.1 Å². The van der Waals surface area contributed by atoms with Crippen molar-refractivity contribution < 1.29 is 23.9 Å². The van der Waals surface area contributed by atoms with Crippen LogP contribution < -0.4 is 16.0 Å². The molecule has 0 fully saturated rings. The first-order chi connectivity index (χ1) is 19.8. The summed E-state index contributed by atoms with van der Waals surface area (Å²) in [6.45, 7) is 7.20. The number of rotatable bonds is 6. The minimum atomic E-state index is -1.07. The molecule has 0 aliphatic carbocycles. The zero-order valence-electron chi connectivity index (χ0n) is 23.9. The van der Waals surface area contributed by atoms with E-state index in [-0.39, 0.29) is 11.3 Å². The number of aliphatic hydroxyl groups is 1. The van der Waals surface area contributed by atoms with Gasteiger partial charge in [-0.3, -0.25) is 14.5 Å². The standard InChI is InChI=1S/C33H31FN4O4/c1-17-20(9-7-11-26(17)36-32(41)38(5)30-19(16-39)8-6-10-25(30)34)21-12-13-23(31(35)40)29-27(21)22-14-15-24(33(3,4)42)18(2)28(22)37-29/h6-16,37,42H,1-5H3,(H2,35,40)(H,36,41). The molecule has 0 saturated carbocycles. The number of amides is 3. The molecule has 8 nitrogen and oxygen atoms in total. The Hall–Kier alpha value is -5.02. The number of aromatic nitrogens is 1. The summed E-state index contributed by atoms with van der Waals surface area (Å²) in [7, 11) is 1.39. The maximum atomic E-state index is 14.6. The number of anilines is 2. The third-order valence-corrected chi connectivity index (χ3v) is 7.76. The first-order valence-corrected chi connectivity index (χ1v) is 13.3. The molecule has 0 spiro atoms. The number of aldehydes is 1. The van der Waals surface area contributed by atoms with Gasteiger partial charge >= 0.3 is 6.03 Å². The fourth-order valence-electron chi connectivity index (χ4n) is 5.66.